The highest BCUT2D eigenvalue weighted by atomic mass is 16.5. The summed E-state index contributed by atoms with van der Waals surface area (Å²) < 4.78 is 5.23. The van der Waals surface area contributed by atoms with Crippen molar-refractivity contribution < 1.29 is 9.53 Å². The zero-order chi connectivity index (χ0) is 17.4. The number of amides is 1. The van der Waals surface area contributed by atoms with Gasteiger partial charge in [-0.25, -0.2) is 0 Å². The van der Waals surface area contributed by atoms with Crippen molar-refractivity contribution in [2.24, 2.45) is 0 Å². The number of carbonyl (C=O) groups is 1. The van der Waals surface area contributed by atoms with E-state index in [4.69, 9.17) is 4.74 Å². The minimum Gasteiger partial charge on any atom is -0.497 e. The molecule has 2 rings (SSSR count). The van der Waals surface area contributed by atoms with Gasteiger partial charge in [0.05, 0.1) is 7.11 Å². The van der Waals surface area contributed by atoms with Crippen LogP contribution < -0.4 is 4.74 Å². The molecule has 1 aliphatic heterocycles. The van der Waals surface area contributed by atoms with Gasteiger partial charge in [-0.3, -0.25) is 4.79 Å². The zero-order valence-electron chi connectivity index (χ0n) is 15.5. The summed E-state index contributed by atoms with van der Waals surface area (Å²) in [6, 6.07) is 8.35. The summed E-state index contributed by atoms with van der Waals surface area (Å²) in [6.45, 7) is 9.26. The van der Waals surface area contributed by atoms with Crippen LogP contribution in [0.15, 0.2) is 24.3 Å². The molecule has 0 saturated carbocycles. The summed E-state index contributed by atoms with van der Waals surface area (Å²) in [5.74, 6) is 1.71. The minimum absolute atomic E-state index is 0.340. The van der Waals surface area contributed by atoms with Crippen molar-refractivity contribution in [2.75, 3.05) is 39.8 Å². The third-order valence-electron chi connectivity index (χ3n) is 5.02. The maximum Gasteiger partial charge on any atom is 0.222 e. The molecule has 1 aromatic rings. The van der Waals surface area contributed by atoms with E-state index in [1.54, 1.807) is 7.11 Å². The number of benzene rings is 1. The Labute approximate surface area is 146 Å². The Morgan fingerprint density at radius 3 is 2.62 bits per heavy atom. The number of hydrogen-bond acceptors (Lipinski definition) is 3. The highest BCUT2D eigenvalue weighted by molar-refractivity contribution is 5.76. The summed E-state index contributed by atoms with van der Waals surface area (Å²) in [4.78, 5) is 16.6. The first-order valence-electron chi connectivity index (χ1n) is 9.28. The fourth-order valence-electron chi connectivity index (χ4n) is 3.34. The van der Waals surface area contributed by atoms with Crippen molar-refractivity contribution in [2.45, 2.75) is 45.4 Å². The van der Waals surface area contributed by atoms with E-state index in [-0.39, 0.29) is 0 Å². The predicted molar refractivity (Wildman–Crippen MR) is 98.6 cm³/mol. The number of likely N-dealkylation sites (tertiary alicyclic amines) is 1. The van der Waals surface area contributed by atoms with Crippen LogP contribution in [0.2, 0.25) is 0 Å². The van der Waals surface area contributed by atoms with Crippen molar-refractivity contribution in [3.63, 3.8) is 0 Å². The van der Waals surface area contributed by atoms with E-state index in [2.05, 4.69) is 35.8 Å². The third kappa shape index (κ3) is 5.52. The number of ether oxygens (including phenoxy) is 1. The molecule has 1 aromatic carbocycles. The minimum atomic E-state index is 0.340. The molecule has 0 radical (unpaired) electrons. The number of carbonyl (C=O) groups excluding carboxylic acids is 1. The number of hydrogen-bond donors (Lipinski definition) is 0. The van der Waals surface area contributed by atoms with Crippen LogP contribution in [-0.4, -0.2) is 55.5 Å². The quantitative estimate of drug-likeness (QED) is 0.730. The SMILES string of the molecule is CCN(CCN1CCCCCC1=O)CC(C)c1ccc(OC)cc1. The molecule has 1 unspecified atom stereocenters. The van der Waals surface area contributed by atoms with Gasteiger partial charge in [0.25, 0.3) is 0 Å². The largest absolute Gasteiger partial charge is 0.497 e. The summed E-state index contributed by atoms with van der Waals surface area (Å²) in [7, 11) is 1.70. The summed E-state index contributed by atoms with van der Waals surface area (Å²) >= 11 is 0. The Bertz CT molecular complexity index is 501. The smallest absolute Gasteiger partial charge is 0.222 e. The molecule has 1 saturated heterocycles. The van der Waals surface area contributed by atoms with Gasteiger partial charge in [0.2, 0.25) is 5.91 Å². The van der Waals surface area contributed by atoms with Gasteiger partial charge in [-0.15, -0.1) is 0 Å². The Morgan fingerprint density at radius 2 is 1.96 bits per heavy atom. The van der Waals surface area contributed by atoms with Crippen LogP contribution in [0.5, 0.6) is 5.75 Å². The lowest BCUT2D eigenvalue weighted by atomic mass is 10.0. The third-order valence-corrected chi connectivity index (χ3v) is 5.02. The number of methoxy groups -OCH3 is 1. The summed E-state index contributed by atoms with van der Waals surface area (Å²) in [6.07, 6.45) is 4.13. The van der Waals surface area contributed by atoms with E-state index < -0.39 is 0 Å². The second-order valence-electron chi connectivity index (χ2n) is 6.76. The molecule has 0 N–H and O–H groups in total. The van der Waals surface area contributed by atoms with Gasteiger partial charge in [0.1, 0.15) is 5.75 Å². The molecule has 1 fully saturated rings. The molecule has 4 heteroatoms. The first-order valence-corrected chi connectivity index (χ1v) is 9.28. The average molecular weight is 332 g/mol. The van der Waals surface area contributed by atoms with Crippen LogP contribution >= 0.6 is 0 Å². The second kappa shape index (κ2) is 9.67. The van der Waals surface area contributed by atoms with Crippen molar-refractivity contribution in [1.29, 1.82) is 0 Å². The molecule has 134 valence electrons. The van der Waals surface area contributed by atoms with E-state index in [0.29, 0.717) is 11.8 Å². The Hall–Kier alpha value is -1.55. The highest BCUT2D eigenvalue weighted by Gasteiger charge is 2.18. The van der Waals surface area contributed by atoms with Crippen LogP contribution in [0.25, 0.3) is 0 Å². The molecule has 4 nitrogen and oxygen atoms in total. The van der Waals surface area contributed by atoms with Crippen molar-refractivity contribution in [1.82, 2.24) is 9.80 Å². The van der Waals surface area contributed by atoms with E-state index in [1.807, 2.05) is 12.1 Å². The first-order chi connectivity index (χ1) is 11.6. The zero-order valence-corrected chi connectivity index (χ0v) is 15.5. The van der Waals surface area contributed by atoms with Gasteiger partial charge in [0, 0.05) is 32.6 Å². The van der Waals surface area contributed by atoms with Gasteiger partial charge in [-0.05, 0) is 43.0 Å². The molecule has 0 aliphatic carbocycles. The Balaban J connectivity index is 1.84. The van der Waals surface area contributed by atoms with Gasteiger partial charge < -0.3 is 14.5 Å². The lowest BCUT2D eigenvalue weighted by Crippen LogP contribution is -2.39. The Morgan fingerprint density at radius 1 is 1.21 bits per heavy atom. The van der Waals surface area contributed by atoms with E-state index in [1.165, 1.54) is 12.0 Å². The molecular formula is C20H32N2O2. The molecule has 0 spiro atoms. The van der Waals surface area contributed by atoms with Crippen LogP contribution in [0, 0.1) is 0 Å². The number of likely N-dealkylation sites (N-methyl/N-ethyl adjacent to an activating group) is 1. The number of nitrogens with zero attached hydrogens (tertiary/aromatic N) is 2. The van der Waals surface area contributed by atoms with Crippen LogP contribution in [0.3, 0.4) is 0 Å². The molecule has 0 aromatic heterocycles. The molecular weight excluding hydrogens is 300 g/mol. The van der Waals surface area contributed by atoms with Crippen LogP contribution in [0.1, 0.15) is 51.0 Å². The van der Waals surface area contributed by atoms with Gasteiger partial charge in [-0.1, -0.05) is 32.4 Å². The number of rotatable bonds is 8. The van der Waals surface area contributed by atoms with Crippen molar-refractivity contribution in [3.8, 4) is 5.75 Å². The molecule has 1 amide bonds. The van der Waals surface area contributed by atoms with E-state index in [0.717, 1.165) is 57.7 Å². The highest BCUT2D eigenvalue weighted by Crippen LogP contribution is 2.20. The fraction of sp³-hybridized carbons (Fsp3) is 0.650. The van der Waals surface area contributed by atoms with Gasteiger partial charge >= 0.3 is 0 Å². The molecule has 1 heterocycles. The monoisotopic (exact) mass is 332 g/mol. The topological polar surface area (TPSA) is 32.8 Å². The molecule has 0 bridgehead atoms. The van der Waals surface area contributed by atoms with Crippen molar-refractivity contribution >= 4 is 5.91 Å². The normalized spacial score (nSPS) is 17.0. The van der Waals surface area contributed by atoms with Crippen molar-refractivity contribution in [3.05, 3.63) is 29.8 Å². The molecule has 1 aliphatic rings. The van der Waals surface area contributed by atoms with Gasteiger partial charge in [0.15, 0.2) is 0 Å². The van der Waals surface area contributed by atoms with E-state index in [9.17, 15) is 4.79 Å². The van der Waals surface area contributed by atoms with E-state index >= 15 is 0 Å². The van der Waals surface area contributed by atoms with Crippen LogP contribution in [0.4, 0.5) is 0 Å². The lowest BCUT2D eigenvalue weighted by Gasteiger charge is -2.28. The first kappa shape index (κ1) is 18.8. The Kier molecular flexibility index (Phi) is 7.57. The summed E-state index contributed by atoms with van der Waals surface area (Å²) in [5.41, 5.74) is 1.33. The standard InChI is InChI=1S/C20H32N2O2/c1-4-21(14-15-22-13-7-5-6-8-20(22)23)16-17(2)18-9-11-19(24-3)12-10-18/h9-12,17H,4-8,13-16H2,1-3H3. The maximum absolute atomic E-state index is 12.1. The maximum atomic E-state index is 12.1. The predicted octanol–water partition coefficient (Wildman–Crippen LogP) is 3.52. The molecule has 24 heavy (non-hydrogen) atoms. The molecule has 1 atom stereocenters. The fourth-order valence-corrected chi connectivity index (χ4v) is 3.34. The average Bonchev–Trinajstić information content (AvgIpc) is 2.82. The lowest BCUT2D eigenvalue weighted by molar-refractivity contribution is -0.130. The summed E-state index contributed by atoms with van der Waals surface area (Å²) in [5, 5.41) is 0. The van der Waals surface area contributed by atoms with Gasteiger partial charge in [-0.2, -0.15) is 0 Å². The second-order valence-corrected chi connectivity index (χ2v) is 6.76. The van der Waals surface area contributed by atoms with Crippen LogP contribution in [-0.2, 0) is 4.79 Å².